The molecule has 3 unspecified atom stereocenters. The fraction of sp³-hybridized carbons (Fsp3) is 0.264. The van der Waals surface area contributed by atoms with E-state index in [2.05, 4.69) is 20.1 Å². The van der Waals surface area contributed by atoms with Crippen LogP contribution >= 0.6 is 0 Å². The smallest absolute Gasteiger partial charge is 0.330 e. The van der Waals surface area contributed by atoms with E-state index in [-0.39, 0.29) is 31.1 Å². The van der Waals surface area contributed by atoms with Crippen LogP contribution in [-0.4, -0.2) is 92.6 Å². The molecule has 73 heavy (non-hydrogen) atoms. The Morgan fingerprint density at radius 3 is 1.97 bits per heavy atom. The molecule has 1 aliphatic carbocycles. The van der Waals surface area contributed by atoms with Gasteiger partial charge in [0.05, 0.1) is 37.7 Å². The molecule has 20 heteroatoms. The molecule has 4 atom stereocenters. The van der Waals surface area contributed by atoms with Crippen molar-refractivity contribution in [2.75, 3.05) is 53.3 Å². The Morgan fingerprint density at radius 2 is 1.32 bits per heavy atom. The number of carbonyl (C=O) groups excluding carboxylic acids is 3. The molecule has 1 heterocycles. The van der Waals surface area contributed by atoms with E-state index in [4.69, 9.17) is 9.47 Å². The van der Waals surface area contributed by atoms with Gasteiger partial charge in [0.1, 0.15) is 17.5 Å². The van der Waals surface area contributed by atoms with Crippen LogP contribution in [0, 0.1) is 0 Å². The van der Waals surface area contributed by atoms with Crippen molar-refractivity contribution >= 4 is 61.1 Å². The maximum Gasteiger partial charge on any atom is 0.330 e. The lowest BCUT2D eigenvalue weighted by Gasteiger charge is -2.34. The van der Waals surface area contributed by atoms with E-state index < -0.39 is 56.2 Å². The lowest BCUT2D eigenvalue weighted by Crippen LogP contribution is -2.58. The van der Waals surface area contributed by atoms with Crippen molar-refractivity contribution in [1.82, 2.24) is 20.1 Å². The van der Waals surface area contributed by atoms with Crippen molar-refractivity contribution < 1.29 is 45.8 Å². The van der Waals surface area contributed by atoms with Gasteiger partial charge in [0.25, 0.3) is 0 Å². The number of methoxy groups -OCH3 is 2. The Morgan fingerprint density at radius 1 is 0.712 bits per heavy atom. The van der Waals surface area contributed by atoms with Crippen LogP contribution in [0.25, 0.3) is 0 Å². The Kier molecular flexibility index (Phi) is 15.5. The number of para-hydroxylation sites is 1. The standard InChI is InChI=1S/C53H58N8O10S2/c1-58(41-24-28-44(70-3)29-25-41)50(63)53(35-46(53)39-18-9-6-10-19-39)55-52(65)57-72(66,67)59(2)43-22-13-17-38(33-43)36-60(42-26-30-45(71-4)31-27-42)49(62)47(34-37-15-7-5-8-16-37)54-51(64)56-73(68,69)61-32-14-21-40-20-11-12-23-48(40)61/h5-13,15-20,22-31,33,46-47,50,63H,14,21,32,34-36H2,1-4H3,(H2,54,56,64)(H2,55,57,65)/t46?,47-,50?,53?/m0/s1. The normalized spacial score (nSPS) is 16.9. The highest BCUT2D eigenvalue weighted by Crippen LogP contribution is 2.54. The number of urea groups is 2. The molecule has 8 rings (SSSR count). The van der Waals surface area contributed by atoms with Crippen LogP contribution in [0.4, 0.5) is 32.3 Å². The van der Waals surface area contributed by atoms with Crippen LogP contribution in [0.2, 0.25) is 0 Å². The maximum atomic E-state index is 15.0. The Hall–Kier alpha value is -7.81. The number of hydrogen-bond donors (Lipinski definition) is 5. The highest BCUT2D eigenvalue weighted by Gasteiger charge is 2.62. The molecule has 0 bridgehead atoms. The number of benzene rings is 6. The molecule has 0 radical (unpaired) electrons. The molecule has 0 aromatic heterocycles. The molecule has 6 aromatic carbocycles. The van der Waals surface area contributed by atoms with Gasteiger partial charge in [-0.1, -0.05) is 91.0 Å². The van der Waals surface area contributed by atoms with E-state index in [1.165, 1.54) is 31.2 Å². The van der Waals surface area contributed by atoms with Crippen molar-refractivity contribution in [3.63, 3.8) is 0 Å². The third kappa shape index (κ3) is 11.8. The number of rotatable bonds is 19. The number of carbonyl (C=O) groups is 3. The molecule has 382 valence electrons. The van der Waals surface area contributed by atoms with E-state index >= 15 is 4.79 Å². The first-order valence-electron chi connectivity index (χ1n) is 23.5. The molecule has 1 aliphatic heterocycles. The number of nitrogens with one attached hydrogen (secondary N) is 4. The first-order chi connectivity index (χ1) is 35.0. The van der Waals surface area contributed by atoms with Crippen LogP contribution < -0.4 is 48.0 Å². The van der Waals surface area contributed by atoms with Crippen molar-refractivity contribution in [2.45, 2.75) is 56.0 Å². The second-order valence-corrected chi connectivity index (χ2v) is 21.1. The summed E-state index contributed by atoms with van der Waals surface area (Å²) in [6, 6.07) is 41.8. The van der Waals surface area contributed by atoms with Gasteiger partial charge in [-0.15, -0.1) is 0 Å². The van der Waals surface area contributed by atoms with Gasteiger partial charge in [0, 0.05) is 44.4 Å². The average molecular weight is 1030 g/mol. The summed E-state index contributed by atoms with van der Waals surface area (Å²) >= 11 is 0. The van der Waals surface area contributed by atoms with E-state index in [1.807, 2.05) is 42.5 Å². The molecule has 1 fully saturated rings. The zero-order valence-electron chi connectivity index (χ0n) is 40.7. The minimum absolute atomic E-state index is 0.0245. The number of aliphatic hydroxyl groups excluding tert-OH is 1. The third-order valence-electron chi connectivity index (χ3n) is 13.2. The Labute approximate surface area is 425 Å². The van der Waals surface area contributed by atoms with Crippen LogP contribution in [-0.2, 0) is 44.6 Å². The lowest BCUT2D eigenvalue weighted by molar-refractivity contribution is -0.120. The molecule has 18 nitrogen and oxygen atoms in total. The number of fused-ring (bicyclic) bond motifs is 1. The number of aliphatic hydroxyl groups is 1. The van der Waals surface area contributed by atoms with Crippen molar-refractivity contribution in [2.24, 2.45) is 0 Å². The van der Waals surface area contributed by atoms with Crippen LogP contribution in [0.3, 0.4) is 0 Å². The lowest BCUT2D eigenvalue weighted by atomic mass is 10.0. The molecule has 1 saturated carbocycles. The third-order valence-corrected chi connectivity index (χ3v) is 15.9. The molecule has 0 spiro atoms. The van der Waals surface area contributed by atoms with E-state index in [0.29, 0.717) is 59.0 Å². The molecule has 0 saturated heterocycles. The quantitative estimate of drug-likeness (QED) is 0.0575. The number of aryl methyl sites for hydroxylation is 1. The Bertz CT molecular complexity index is 3140. The number of likely N-dealkylation sites (N-methyl/N-ethyl adjacent to an activating group) is 1. The minimum atomic E-state index is -4.61. The second-order valence-electron chi connectivity index (χ2n) is 17.8. The zero-order chi connectivity index (χ0) is 51.9. The molecule has 6 aromatic rings. The van der Waals surface area contributed by atoms with Gasteiger partial charge in [-0.25, -0.2) is 19.0 Å². The van der Waals surface area contributed by atoms with Gasteiger partial charge in [-0.05, 0) is 108 Å². The molecular weight excluding hydrogens is 973 g/mol. The van der Waals surface area contributed by atoms with Gasteiger partial charge >= 0.3 is 32.5 Å². The zero-order valence-corrected chi connectivity index (χ0v) is 42.3. The van der Waals surface area contributed by atoms with E-state index in [0.717, 1.165) is 19.7 Å². The van der Waals surface area contributed by atoms with Gasteiger partial charge in [0.2, 0.25) is 5.91 Å². The van der Waals surface area contributed by atoms with Crippen LogP contribution in [0.5, 0.6) is 11.5 Å². The average Bonchev–Trinajstić information content (AvgIpc) is 4.13. The van der Waals surface area contributed by atoms with Gasteiger partial charge in [0.15, 0.2) is 6.23 Å². The SMILES string of the molecule is COc1ccc(N(Cc2cccc(N(C)S(=O)(=O)NC(=O)NC3(C(O)N(C)c4ccc(OC)cc4)CC3c3ccccc3)c2)C(=O)[C@H](Cc2ccccc2)NC(=O)NS(=O)(=O)N2CCCc3ccccc32)cc1. The summed E-state index contributed by atoms with van der Waals surface area (Å²) in [5, 5.41) is 17.3. The van der Waals surface area contributed by atoms with Gasteiger partial charge in [-0.2, -0.15) is 16.8 Å². The summed E-state index contributed by atoms with van der Waals surface area (Å²) in [7, 11) is -3.03. The fourth-order valence-corrected chi connectivity index (χ4v) is 11.2. The fourth-order valence-electron chi connectivity index (χ4n) is 9.17. The predicted molar refractivity (Wildman–Crippen MR) is 280 cm³/mol. The van der Waals surface area contributed by atoms with Crippen LogP contribution in [0.1, 0.15) is 41.0 Å². The highest BCUT2D eigenvalue weighted by atomic mass is 32.2. The molecule has 2 aliphatic rings. The van der Waals surface area contributed by atoms with E-state index in [9.17, 15) is 31.5 Å². The molecule has 5 N–H and O–H groups in total. The summed E-state index contributed by atoms with van der Waals surface area (Å²) in [6.45, 7) is 0.00118. The van der Waals surface area contributed by atoms with Gasteiger partial charge < -0.3 is 35.0 Å². The first-order valence-corrected chi connectivity index (χ1v) is 26.4. The van der Waals surface area contributed by atoms with Crippen LogP contribution in [0.15, 0.2) is 158 Å². The van der Waals surface area contributed by atoms with Gasteiger partial charge in [-0.3, -0.25) is 13.4 Å². The van der Waals surface area contributed by atoms with E-state index in [1.54, 1.807) is 122 Å². The summed E-state index contributed by atoms with van der Waals surface area (Å²) in [4.78, 5) is 45.6. The summed E-state index contributed by atoms with van der Waals surface area (Å²) in [5.74, 6) is 0.156. The second kappa shape index (κ2) is 21.9. The first kappa shape index (κ1) is 51.5. The summed E-state index contributed by atoms with van der Waals surface area (Å²) < 4.78 is 72.5. The van der Waals surface area contributed by atoms with Crippen molar-refractivity contribution in [3.8, 4) is 11.5 Å². The minimum Gasteiger partial charge on any atom is -0.497 e. The largest absolute Gasteiger partial charge is 0.497 e. The predicted octanol–water partition coefficient (Wildman–Crippen LogP) is 6.21. The maximum absolute atomic E-state index is 15.0. The highest BCUT2D eigenvalue weighted by molar-refractivity contribution is 7.91. The number of nitrogens with zero attached hydrogens (tertiary/aromatic N) is 4. The van der Waals surface area contributed by atoms with Crippen molar-refractivity contribution in [1.29, 1.82) is 0 Å². The summed E-state index contributed by atoms with van der Waals surface area (Å²) in [6.07, 6.45) is 0.231. The number of amides is 5. The number of anilines is 4. The summed E-state index contributed by atoms with van der Waals surface area (Å²) in [5.41, 5.74) is 3.13. The molecular formula is C53H58N8O10S2. The van der Waals surface area contributed by atoms with Crippen molar-refractivity contribution in [3.05, 3.63) is 180 Å². The number of hydrogen-bond acceptors (Lipinski definition) is 11. The number of ether oxygens (including phenoxy) is 2. The Balaban J connectivity index is 1.02. The topological polar surface area (TPSA) is 219 Å². The monoisotopic (exact) mass is 1030 g/mol. The molecule has 5 amide bonds.